The Morgan fingerprint density at radius 1 is 1.05 bits per heavy atom. The van der Waals surface area contributed by atoms with Crippen LogP contribution in [0.1, 0.15) is 105 Å². The summed E-state index contributed by atoms with van der Waals surface area (Å²) in [4.78, 5) is 46.8. The number of unbranched alkanes of at least 4 members (excludes halogenated alkanes) is 3. The van der Waals surface area contributed by atoms with Crippen molar-refractivity contribution in [1.82, 2.24) is 0 Å². The van der Waals surface area contributed by atoms with Crippen LogP contribution in [0.4, 0.5) is 5.69 Å². The molecule has 0 amide bonds. The van der Waals surface area contributed by atoms with E-state index >= 15 is 0 Å². The fourth-order valence-corrected chi connectivity index (χ4v) is 6.13. The van der Waals surface area contributed by atoms with Gasteiger partial charge >= 0.3 is 17.9 Å². The van der Waals surface area contributed by atoms with Crippen molar-refractivity contribution >= 4 is 35.2 Å². The molecule has 0 aromatic heterocycles. The van der Waals surface area contributed by atoms with Gasteiger partial charge in [0.15, 0.2) is 0 Å². The van der Waals surface area contributed by atoms with Crippen LogP contribution in [0.2, 0.25) is 0 Å². The van der Waals surface area contributed by atoms with Gasteiger partial charge in [-0.25, -0.2) is 4.79 Å². The Hall–Kier alpha value is -3.72. The minimum Gasteiger partial charge on any atom is -0.469 e. The number of benzene rings is 2. The normalized spacial score (nSPS) is 20.3. The van der Waals surface area contributed by atoms with Crippen molar-refractivity contribution in [2.24, 2.45) is 5.92 Å². The number of esters is 3. The van der Waals surface area contributed by atoms with Crippen LogP contribution in [0.25, 0.3) is 0 Å². The molecule has 0 saturated heterocycles. The van der Waals surface area contributed by atoms with Crippen LogP contribution in [-0.2, 0) is 23.8 Å². The fraction of sp³-hybridized carbons (Fsp3) is 0.500. The molecule has 1 aliphatic rings. The van der Waals surface area contributed by atoms with Gasteiger partial charge in [-0.1, -0.05) is 56.2 Å². The molecular formula is C34H42ClNO8. The number of methoxy groups -OCH3 is 1. The van der Waals surface area contributed by atoms with Gasteiger partial charge in [-0.05, 0) is 61.3 Å². The van der Waals surface area contributed by atoms with E-state index in [0.717, 1.165) is 43.2 Å². The largest absolute Gasteiger partial charge is 0.469 e. The SMILES string of the molecule is CCCCCC(OC(C)=O)c1ccc([C@@H]2[C@@H](C/C=C\CCCC(=O)OC)[C@H](Cl)C[C@@H]2OC(=O)c2ccc([N+](=O)[O-])cc2)cc1. The summed E-state index contributed by atoms with van der Waals surface area (Å²) < 4.78 is 16.3. The van der Waals surface area contributed by atoms with Crippen molar-refractivity contribution in [2.45, 2.75) is 95.1 Å². The van der Waals surface area contributed by atoms with Crippen LogP contribution in [0, 0.1) is 16.0 Å². The van der Waals surface area contributed by atoms with E-state index in [0.29, 0.717) is 25.7 Å². The molecule has 0 N–H and O–H groups in total. The average molecular weight is 628 g/mol. The van der Waals surface area contributed by atoms with Crippen LogP contribution in [-0.4, -0.2) is 41.4 Å². The van der Waals surface area contributed by atoms with E-state index in [1.165, 1.54) is 38.3 Å². The number of nitro groups is 1. The molecule has 2 aromatic rings. The topological polar surface area (TPSA) is 122 Å². The molecule has 0 aliphatic heterocycles. The average Bonchev–Trinajstić information content (AvgIpc) is 3.31. The third kappa shape index (κ3) is 10.2. The highest BCUT2D eigenvalue weighted by Gasteiger charge is 2.45. The van der Waals surface area contributed by atoms with Crippen molar-refractivity contribution in [3.63, 3.8) is 0 Å². The summed E-state index contributed by atoms with van der Waals surface area (Å²) >= 11 is 6.89. The molecule has 2 aromatic carbocycles. The smallest absolute Gasteiger partial charge is 0.338 e. The molecule has 0 radical (unpaired) electrons. The first-order valence-corrected chi connectivity index (χ1v) is 15.7. The lowest BCUT2D eigenvalue weighted by molar-refractivity contribution is -0.384. The predicted molar refractivity (Wildman–Crippen MR) is 168 cm³/mol. The van der Waals surface area contributed by atoms with Gasteiger partial charge in [0.1, 0.15) is 12.2 Å². The minimum absolute atomic E-state index is 0.0390. The maximum atomic E-state index is 13.1. The number of carbonyl (C=O) groups excluding carboxylic acids is 3. The van der Waals surface area contributed by atoms with Crippen molar-refractivity contribution in [2.75, 3.05) is 7.11 Å². The number of hydrogen-bond acceptors (Lipinski definition) is 8. The highest BCUT2D eigenvalue weighted by molar-refractivity contribution is 6.21. The molecule has 1 aliphatic carbocycles. The molecule has 1 fully saturated rings. The number of hydrogen-bond donors (Lipinski definition) is 0. The monoisotopic (exact) mass is 627 g/mol. The second-order valence-electron chi connectivity index (χ2n) is 11.1. The van der Waals surface area contributed by atoms with Crippen molar-refractivity contribution < 1.29 is 33.5 Å². The number of carbonyl (C=O) groups is 3. The Kier molecular flexibility index (Phi) is 13.9. The Morgan fingerprint density at radius 3 is 2.36 bits per heavy atom. The third-order valence-electron chi connectivity index (χ3n) is 7.98. The predicted octanol–water partition coefficient (Wildman–Crippen LogP) is 8.01. The molecule has 0 bridgehead atoms. The minimum atomic E-state index is -0.569. The second kappa shape index (κ2) is 17.5. The number of nitro benzene ring substituents is 1. The first kappa shape index (κ1) is 34.8. The zero-order valence-corrected chi connectivity index (χ0v) is 26.4. The molecule has 3 rings (SSSR count). The number of ether oxygens (including phenoxy) is 3. The summed E-state index contributed by atoms with van der Waals surface area (Å²) in [6, 6.07) is 13.2. The standard InChI is InChI=1S/C34H42ClNO8/c1-4-5-8-12-30(43-23(2)37)24-14-16-25(17-15-24)33-28(11-9-6-7-10-13-32(38)42-3)29(35)22-31(33)44-34(39)26-18-20-27(21-19-26)36(40)41/h6,9,14-21,28-31,33H,4-5,7-8,10-13,22H2,1-3H3/b9-6-/t28-,29+,30?,31-,33+/m0/s1. The van der Waals surface area contributed by atoms with Gasteiger partial charge < -0.3 is 14.2 Å². The molecule has 1 unspecified atom stereocenters. The Bertz CT molecular complexity index is 1280. The number of halogens is 1. The van der Waals surface area contributed by atoms with Gasteiger partial charge in [-0.15, -0.1) is 11.6 Å². The summed E-state index contributed by atoms with van der Waals surface area (Å²) in [5.41, 5.74) is 1.97. The van der Waals surface area contributed by atoms with E-state index in [9.17, 15) is 24.5 Å². The Morgan fingerprint density at radius 2 is 1.75 bits per heavy atom. The van der Waals surface area contributed by atoms with Crippen molar-refractivity contribution in [3.05, 3.63) is 87.5 Å². The number of allylic oxidation sites excluding steroid dienone is 2. The quantitative estimate of drug-likeness (QED) is 0.0349. The van der Waals surface area contributed by atoms with Crippen molar-refractivity contribution in [3.8, 4) is 0 Å². The van der Waals surface area contributed by atoms with E-state index in [1.54, 1.807) is 0 Å². The van der Waals surface area contributed by atoms with Crippen LogP contribution in [0.5, 0.6) is 0 Å². The lowest BCUT2D eigenvalue weighted by atomic mass is 9.84. The maximum absolute atomic E-state index is 13.1. The first-order valence-electron chi connectivity index (χ1n) is 15.2. The lowest BCUT2D eigenvalue weighted by Crippen LogP contribution is -2.24. The van der Waals surface area contributed by atoms with Crippen LogP contribution in [0.15, 0.2) is 60.7 Å². The van der Waals surface area contributed by atoms with E-state index in [4.69, 9.17) is 25.8 Å². The van der Waals surface area contributed by atoms with Crippen LogP contribution < -0.4 is 0 Å². The highest BCUT2D eigenvalue weighted by Crippen LogP contribution is 2.46. The molecular weight excluding hydrogens is 586 g/mol. The van der Waals surface area contributed by atoms with Gasteiger partial charge in [0.05, 0.1) is 17.6 Å². The zero-order chi connectivity index (χ0) is 32.1. The summed E-state index contributed by atoms with van der Waals surface area (Å²) in [7, 11) is 1.37. The number of alkyl halides is 1. The summed E-state index contributed by atoms with van der Waals surface area (Å²) in [6.45, 7) is 3.54. The molecule has 10 heteroatoms. The maximum Gasteiger partial charge on any atom is 0.338 e. The Balaban J connectivity index is 1.82. The molecule has 9 nitrogen and oxygen atoms in total. The van der Waals surface area contributed by atoms with Gasteiger partial charge in [-0.2, -0.15) is 0 Å². The van der Waals surface area contributed by atoms with Crippen molar-refractivity contribution in [1.29, 1.82) is 0 Å². The van der Waals surface area contributed by atoms with E-state index < -0.39 is 17.0 Å². The Labute approximate surface area is 264 Å². The number of nitrogens with zero attached hydrogens (tertiary/aromatic N) is 1. The lowest BCUT2D eigenvalue weighted by Gasteiger charge is -2.26. The number of non-ortho nitro benzene ring substituents is 1. The molecule has 44 heavy (non-hydrogen) atoms. The van der Waals surface area contributed by atoms with Crippen LogP contribution >= 0.6 is 11.6 Å². The van der Waals surface area contributed by atoms with Gasteiger partial charge in [0, 0.05) is 43.2 Å². The summed E-state index contributed by atoms with van der Waals surface area (Å²) in [5, 5.41) is 10.8. The molecule has 0 spiro atoms. The zero-order valence-electron chi connectivity index (χ0n) is 25.6. The fourth-order valence-electron chi connectivity index (χ4n) is 5.69. The first-order chi connectivity index (χ1) is 21.1. The van der Waals surface area contributed by atoms with Gasteiger partial charge in [0.2, 0.25) is 0 Å². The van der Waals surface area contributed by atoms with Gasteiger partial charge in [-0.3, -0.25) is 19.7 Å². The number of rotatable bonds is 16. The molecule has 1 saturated carbocycles. The summed E-state index contributed by atoms with van der Waals surface area (Å²) in [6.07, 6.45) is 9.88. The molecule has 5 atom stereocenters. The van der Waals surface area contributed by atoms with E-state index in [-0.39, 0.29) is 46.5 Å². The summed E-state index contributed by atoms with van der Waals surface area (Å²) in [5.74, 6) is -1.38. The highest BCUT2D eigenvalue weighted by atomic mass is 35.5. The second-order valence-corrected chi connectivity index (χ2v) is 11.7. The molecule has 238 valence electrons. The molecule has 0 heterocycles. The van der Waals surface area contributed by atoms with Crippen LogP contribution in [0.3, 0.4) is 0 Å². The van der Waals surface area contributed by atoms with Gasteiger partial charge in [0.25, 0.3) is 5.69 Å². The third-order valence-corrected chi connectivity index (χ3v) is 8.48. The van der Waals surface area contributed by atoms with E-state index in [1.807, 2.05) is 30.3 Å². The van der Waals surface area contributed by atoms with E-state index in [2.05, 4.69) is 13.0 Å².